The third-order valence-corrected chi connectivity index (χ3v) is 3.53. The van der Waals surface area contributed by atoms with Crippen LogP contribution in [0.25, 0.3) is 0 Å². The molecule has 0 amide bonds. The maximum Gasteiger partial charge on any atom is 0.161 e. The minimum atomic E-state index is -0.287. The lowest BCUT2D eigenvalue weighted by atomic mass is 10.1. The SMILES string of the molecule is COc1ccc(C(CO)Nc2ccccc2Cl)cc1OC. The molecule has 0 saturated carbocycles. The molecule has 0 aliphatic heterocycles. The van der Waals surface area contributed by atoms with Gasteiger partial charge in [-0.25, -0.2) is 0 Å². The van der Waals surface area contributed by atoms with E-state index in [1.807, 2.05) is 36.4 Å². The van der Waals surface area contributed by atoms with Crippen molar-refractivity contribution >= 4 is 17.3 Å². The average molecular weight is 308 g/mol. The van der Waals surface area contributed by atoms with E-state index in [9.17, 15) is 5.11 Å². The second kappa shape index (κ2) is 7.20. The van der Waals surface area contributed by atoms with Gasteiger partial charge in [-0.1, -0.05) is 29.8 Å². The van der Waals surface area contributed by atoms with E-state index in [0.29, 0.717) is 16.5 Å². The molecule has 1 atom stereocenters. The highest BCUT2D eigenvalue weighted by atomic mass is 35.5. The van der Waals surface area contributed by atoms with E-state index in [-0.39, 0.29) is 12.6 Å². The molecule has 1 unspecified atom stereocenters. The highest BCUT2D eigenvalue weighted by Crippen LogP contribution is 2.32. The number of methoxy groups -OCH3 is 2. The molecule has 112 valence electrons. The van der Waals surface area contributed by atoms with E-state index in [1.54, 1.807) is 20.3 Å². The molecule has 0 radical (unpaired) electrons. The first-order chi connectivity index (χ1) is 10.2. The van der Waals surface area contributed by atoms with Crippen LogP contribution in [0.3, 0.4) is 0 Å². The number of anilines is 1. The molecule has 0 aliphatic carbocycles. The van der Waals surface area contributed by atoms with Gasteiger partial charge in [-0.2, -0.15) is 0 Å². The van der Waals surface area contributed by atoms with E-state index in [2.05, 4.69) is 5.32 Å². The fraction of sp³-hybridized carbons (Fsp3) is 0.250. The molecular weight excluding hydrogens is 290 g/mol. The zero-order valence-corrected chi connectivity index (χ0v) is 12.7. The molecule has 0 aliphatic rings. The molecule has 2 N–H and O–H groups in total. The Morgan fingerprint density at radius 1 is 1.10 bits per heavy atom. The topological polar surface area (TPSA) is 50.7 Å². The molecular formula is C16H18ClNO3. The zero-order chi connectivity index (χ0) is 15.2. The van der Waals surface area contributed by atoms with Crippen LogP contribution in [0.5, 0.6) is 11.5 Å². The molecule has 21 heavy (non-hydrogen) atoms. The van der Waals surface area contributed by atoms with Crippen LogP contribution >= 0.6 is 11.6 Å². The molecule has 0 spiro atoms. The van der Waals surface area contributed by atoms with Crippen molar-refractivity contribution < 1.29 is 14.6 Å². The average Bonchev–Trinajstić information content (AvgIpc) is 2.53. The minimum absolute atomic E-state index is 0.0687. The summed E-state index contributed by atoms with van der Waals surface area (Å²) in [7, 11) is 3.17. The second-order valence-corrected chi connectivity index (χ2v) is 4.88. The number of ether oxygens (including phenoxy) is 2. The standard InChI is InChI=1S/C16H18ClNO3/c1-20-15-8-7-11(9-16(15)21-2)14(10-19)18-13-6-4-3-5-12(13)17/h3-9,14,18-19H,10H2,1-2H3. The lowest BCUT2D eigenvalue weighted by Gasteiger charge is -2.20. The highest BCUT2D eigenvalue weighted by molar-refractivity contribution is 6.33. The van der Waals surface area contributed by atoms with Gasteiger partial charge in [-0.3, -0.25) is 0 Å². The lowest BCUT2D eigenvalue weighted by Crippen LogP contribution is -2.15. The van der Waals surface area contributed by atoms with Gasteiger partial charge < -0.3 is 19.9 Å². The van der Waals surface area contributed by atoms with Crippen molar-refractivity contribution in [3.8, 4) is 11.5 Å². The van der Waals surface area contributed by atoms with Gasteiger partial charge in [0.05, 0.1) is 37.6 Å². The fourth-order valence-corrected chi connectivity index (χ4v) is 2.26. The van der Waals surface area contributed by atoms with E-state index < -0.39 is 0 Å². The number of aliphatic hydroxyl groups is 1. The van der Waals surface area contributed by atoms with Crippen molar-refractivity contribution in [3.05, 3.63) is 53.1 Å². The van der Waals surface area contributed by atoms with Crippen molar-refractivity contribution in [1.29, 1.82) is 0 Å². The Hall–Kier alpha value is -1.91. The van der Waals surface area contributed by atoms with E-state index in [4.69, 9.17) is 21.1 Å². The van der Waals surface area contributed by atoms with Gasteiger partial charge >= 0.3 is 0 Å². The largest absolute Gasteiger partial charge is 0.493 e. The predicted molar refractivity (Wildman–Crippen MR) is 84.4 cm³/mol. The Morgan fingerprint density at radius 2 is 1.81 bits per heavy atom. The summed E-state index contributed by atoms with van der Waals surface area (Å²) in [6, 6.07) is 12.7. The summed E-state index contributed by atoms with van der Waals surface area (Å²) in [6.07, 6.45) is 0. The Labute approximate surface area is 129 Å². The van der Waals surface area contributed by atoms with Gasteiger partial charge in [0.15, 0.2) is 11.5 Å². The van der Waals surface area contributed by atoms with Crippen LogP contribution in [-0.4, -0.2) is 25.9 Å². The van der Waals surface area contributed by atoms with E-state index >= 15 is 0 Å². The normalized spacial score (nSPS) is 11.8. The number of rotatable bonds is 6. The van der Waals surface area contributed by atoms with Crippen molar-refractivity contribution in [2.75, 3.05) is 26.1 Å². The number of hydrogen-bond donors (Lipinski definition) is 2. The van der Waals surface area contributed by atoms with Crippen LogP contribution < -0.4 is 14.8 Å². The van der Waals surface area contributed by atoms with E-state index in [0.717, 1.165) is 11.3 Å². The van der Waals surface area contributed by atoms with Gasteiger partial charge in [0.25, 0.3) is 0 Å². The minimum Gasteiger partial charge on any atom is -0.493 e. The van der Waals surface area contributed by atoms with Crippen LogP contribution in [0.2, 0.25) is 5.02 Å². The highest BCUT2D eigenvalue weighted by Gasteiger charge is 2.14. The third-order valence-electron chi connectivity index (χ3n) is 3.20. The first-order valence-corrected chi connectivity index (χ1v) is 6.91. The number of nitrogens with one attached hydrogen (secondary N) is 1. The van der Waals surface area contributed by atoms with Gasteiger partial charge in [-0.05, 0) is 29.8 Å². The van der Waals surface area contributed by atoms with Gasteiger partial charge in [-0.15, -0.1) is 0 Å². The third kappa shape index (κ3) is 3.60. The number of para-hydroxylation sites is 1. The van der Waals surface area contributed by atoms with Crippen LogP contribution in [0.4, 0.5) is 5.69 Å². The summed E-state index contributed by atoms with van der Waals surface area (Å²) in [6.45, 7) is -0.0687. The van der Waals surface area contributed by atoms with Crippen LogP contribution in [0, 0.1) is 0 Å². The van der Waals surface area contributed by atoms with Crippen molar-refractivity contribution in [2.24, 2.45) is 0 Å². The smallest absolute Gasteiger partial charge is 0.161 e. The number of benzene rings is 2. The Morgan fingerprint density at radius 3 is 2.43 bits per heavy atom. The van der Waals surface area contributed by atoms with Crippen molar-refractivity contribution in [2.45, 2.75) is 6.04 Å². The Bertz CT molecular complexity index is 604. The van der Waals surface area contributed by atoms with Crippen LogP contribution in [0.15, 0.2) is 42.5 Å². The molecule has 4 nitrogen and oxygen atoms in total. The molecule has 5 heteroatoms. The van der Waals surface area contributed by atoms with Crippen molar-refractivity contribution in [3.63, 3.8) is 0 Å². The maximum atomic E-state index is 9.64. The summed E-state index contributed by atoms with van der Waals surface area (Å²) < 4.78 is 10.5. The van der Waals surface area contributed by atoms with Crippen LogP contribution in [-0.2, 0) is 0 Å². The molecule has 0 saturated heterocycles. The van der Waals surface area contributed by atoms with Crippen LogP contribution in [0.1, 0.15) is 11.6 Å². The summed E-state index contributed by atoms with van der Waals surface area (Å²) in [5, 5.41) is 13.5. The Balaban J connectivity index is 2.27. The molecule has 2 aromatic carbocycles. The molecule has 2 aromatic rings. The van der Waals surface area contributed by atoms with E-state index in [1.165, 1.54) is 0 Å². The van der Waals surface area contributed by atoms with Gasteiger partial charge in [0, 0.05) is 0 Å². The monoisotopic (exact) mass is 307 g/mol. The first kappa shape index (κ1) is 15.5. The first-order valence-electron chi connectivity index (χ1n) is 6.53. The quantitative estimate of drug-likeness (QED) is 0.857. The van der Waals surface area contributed by atoms with Gasteiger partial charge in [0.2, 0.25) is 0 Å². The summed E-state index contributed by atoms with van der Waals surface area (Å²) in [5.41, 5.74) is 1.66. The second-order valence-electron chi connectivity index (χ2n) is 4.47. The summed E-state index contributed by atoms with van der Waals surface area (Å²) in [4.78, 5) is 0. The summed E-state index contributed by atoms with van der Waals surface area (Å²) >= 11 is 6.13. The fourth-order valence-electron chi connectivity index (χ4n) is 2.07. The lowest BCUT2D eigenvalue weighted by molar-refractivity contribution is 0.275. The molecule has 2 rings (SSSR count). The Kier molecular flexibility index (Phi) is 5.31. The molecule has 0 aromatic heterocycles. The molecule has 0 heterocycles. The number of halogens is 1. The van der Waals surface area contributed by atoms with Gasteiger partial charge in [0.1, 0.15) is 0 Å². The summed E-state index contributed by atoms with van der Waals surface area (Å²) in [5.74, 6) is 1.27. The predicted octanol–water partition coefficient (Wildman–Crippen LogP) is 3.50. The van der Waals surface area contributed by atoms with Crippen molar-refractivity contribution in [1.82, 2.24) is 0 Å². The maximum absolute atomic E-state index is 9.64. The molecule has 0 fully saturated rings. The number of aliphatic hydroxyl groups excluding tert-OH is 1. The number of hydrogen-bond acceptors (Lipinski definition) is 4. The zero-order valence-electron chi connectivity index (χ0n) is 12.0. The molecule has 0 bridgehead atoms.